The Morgan fingerprint density at radius 2 is 1.92 bits per heavy atom. The molecule has 3 rings (SSSR count). The highest BCUT2D eigenvalue weighted by molar-refractivity contribution is 8.26. The first-order valence-corrected chi connectivity index (χ1v) is 8.85. The molecule has 1 aliphatic heterocycles. The van der Waals surface area contributed by atoms with Crippen LogP contribution in [0.15, 0.2) is 35.2 Å². The molecule has 0 bridgehead atoms. The summed E-state index contributed by atoms with van der Waals surface area (Å²) in [5.41, 5.74) is 3.89. The lowest BCUT2D eigenvalue weighted by molar-refractivity contribution is -0.121. The molecule has 0 spiro atoms. The van der Waals surface area contributed by atoms with Crippen LogP contribution in [0.5, 0.6) is 0 Å². The summed E-state index contributed by atoms with van der Waals surface area (Å²) in [5, 5.41) is 0. The Kier molecular flexibility index (Phi) is 4.60. The minimum absolute atomic E-state index is 0.0425. The SMILES string of the molecule is CCN1C(=O)/C(=C\c2cc(C)n(-c3ccc(F)cc3)c2C)SC1=S. The van der Waals surface area contributed by atoms with Gasteiger partial charge in [0, 0.05) is 23.6 Å². The predicted octanol–water partition coefficient (Wildman–Crippen LogP) is 4.45. The molecule has 2 heterocycles. The average Bonchev–Trinajstić information content (AvgIpc) is 2.97. The zero-order valence-electron chi connectivity index (χ0n) is 13.7. The predicted molar refractivity (Wildman–Crippen MR) is 101 cm³/mol. The fourth-order valence-corrected chi connectivity index (χ4v) is 4.21. The van der Waals surface area contributed by atoms with Crippen LogP contribution in [0, 0.1) is 19.7 Å². The third-order valence-electron chi connectivity index (χ3n) is 4.03. The number of thiocarbonyl (C=S) groups is 1. The number of likely N-dealkylation sites (N-methyl/N-ethyl adjacent to an activating group) is 1. The summed E-state index contributed by atoms with van der Waals surface area (Å²) in [6.45, 7) is 6.47. The molecule has 1 saturated heterocycles. The standard InChI is InChI=1S/C18H17FN2OS2/c1-4-20-17(22)16(24-18(20)23)10-13-9-11(2)21(12(13)3)15-7-5-14(19)6-8-15/h5-10H,4H2,1-3H3/b16-10+. The van der Waals surface area contributed by atoms with Crippen LogP contribution < -0.4 is 0 Å². The number of benzene rings is 1. The summed E-state index contributed by atoms with van der Waals surface area (Å²) in [6, 6.07) is 8.41. The number of rotatable bonds is 3. The highest BCUT2D eigenvalue weighted by Gasteiger charge is 2.30. The summed E-state index contributed by atoms with van der Waals surface area (Å²) in [5.74, 6) is -0.302. The van der Waals surface area contributed by atoms with Crippen LogP contribution in [0.4, 0.5) is 4.39 Å². The molecule has 24 heavy (non-hydrogen) atoms. The smallest absolute Gasteiger partial charge is 0.266 e. The van der Waals surface area contributed by atoms with Crippen LogP contribution in [0.1, 0.15) is 23.9 Å². The van der Waals surface area contributed by atoms with Gasteiger partial charge in [-0.1, -0.05) is 24.0 Å². The summed E-state index contributed by atoms with van der Waals surface area (Å²) in [7, 11) is 0. The highest BCUT2D eigenvalue weighted by atomic mass is 32.2. The van der Waals surface area contributed by atoms with E-state index in [1.807, 2.05) is 37.5 Å². The first-order chi connectivity index (χ1) is 11.4. The minimum atomic E-state index is -0.260. The Balaban J connectivity index is 2.01. The van der Waals surface area contributed by atoms with Gasteiger partial charge in [-0.2, -0.15) is 0 Å². The van der Waals surface area contributed by atoms with Gasteiger partial charge >= 0.3 is 0 Å². The number of carbonyl (C=O) groups is 1. The van der Waals surface area contributed by atoms with Crippen LogP contribution in [0.25, 0.3) is 11.8 Å². The van der Waals surface area contributed by atoms with Crippen molar-refractivity contribution in [2.24, 2.45) is 0 Å². The molecule has 1 fully saturated rings. The second-order valence-electron chi connectivity index (χ2n) is 5.56. The van der Waals surface area contributed by atoms with Crippen molar-refractivity contribution in [3.63, 3.8) is 0 Å². The van der Waals surface area contributed by atoms with Crippen molar-refractivity contribution in [3.05, 3.63) is 58.0 Å². The van der Waals surface area contributed by atoms with E-state index in [9.17, 15) is 9.18 Å². The van der Waals surface area contributed by atoms with Gasteiger partial charge in [0.2, 0.25) is 0 Å². The minimum Gasteiger partial charge on any atom is -0.318 e. The van der Waals surface area contributed by atoms with Crippen LogP contribution >= 0.6 is 24.0 Å². The summed E-state index contributed by atoms with van der Waals surface area (Å²) in [6.07, 6.45) is 1.89. The Bertz CT molecular complexity index is 853. The first-order valence-electron chi connectivity index (χ1n) is 7.62. The number of carbonyl (C=O) groups excluding carboxylic acids is 1. The quantitative estimate of drug-likeness (QED) is 0.597. The van der Waals surface area contributed by atoms with Gasteiger partial charge in [-0.25, -0.2) is 4.39 Å². The second-order valence-corrected chi connectivity index (χ2v) is 7.24. The molecule has 0 aliphatic carbocycles. The zero-order chi connectivity index (χ0) is 17.4. The van der Waals surface area contributed by atoms with Crippen LogP contribution in [0.2, 0.25) is 0 Å². The molecular formula is C18H17FN2OS2. The van der Waals surface area contributed by atoms with Crippen LogP contribution in [-0.4, -0.2) is 26.2 Å². The van der Waals surface area contributed by atoms with Gasteiger partial charge in [-0.15, -0.1) is 0 Å². The number of thioether (sulfide) groups is 1. The van der Waals surface area contributed by atoms with E-state index < -0.39 is 0 Å². The van der Waals surface area contributed by atoms with E-state index in [-0.39, 0.29) is 11.7 Å². The maximum Gasteiger partial charge on any atom is 0.266 e. The van der Waals surface area contributed by atoms with Crippen LogP contribution in [-0.2, 0) is 4.79 Å². The van der Waals surface area contributed by atoms with Crippen molar-refractivity contribution in [1.82, 2.24) is 9.47 Å². The van der Waals surface area contributed by atoms with Crippen molar-refractivity contribution < 1.29 is 9.18 Å². The van der Waals surface area contributed by atoms with Gasteiger partial charge in [0.15, 0.2) is 0 Å². The topological polar surface area (TPSA) is 25.2 Å². The van der Waals surface area contributed by atoms with Crippen LogP contribution in [0.3, 0.4) is 0 Å². The molecule has 2 aromatic rings. The second kappa shape index (κ2) is 6.53. The first kappa shape index (κ1) is 16.9. The van der Waals surface area contributed by atoms with Gasteiger partial charge in [0.1, 0.15) is 10.1 Å². The number of hydrogen-bond acceptors (Lipinski definition) is 3. The number of amides is 1. The highest BCUT2D eigenvalue weighted by Crippen LogP contribution is 2.33. The molecule has 0 atom stereocenters. The maximum absolute atomic E-state index is 13.2. The number of nitrogens with zero attached hydrogens (tertiary/aromatic N) is 2. The molecule has 0 saturated carbocycles. The van der Waals surface area contributed by atoms with Gasteiger partial charge in [0.05, 0.1) is 4.91 Å². The van der Waals surface area contributed by atoms with Crippen molar-refractivity contribution in [2.75, 3.05) is 6.54 Å². The zero-order valence-corrected chi connectivity index (χ0v) is 15.3. The number of aryl methyl sites for hydroxylation is 1. The van der Waals surface area contributed by atoms with Crippen molar-refractivity contribution in [1.29, 1.82) is 0 Å². The van der Waals surface area contributed by atoms with E-state index in [4.69, 9.17) is 12.2 Å². The molecule has 124 valence electrons. The molecule has 0 unspecified atom stereocenters. The largest absolute Gasteiger partial charge is 0.318 e. The molecule has 1 aromatic carbocycles. The fraction of sp³-hybridized carbons (Fsp3) is 0.222. The molecule has 0 N–H and O–H groups in total. The number of aromatic nitrogens is 1. The average molecular weight is 360 g/mol. The van der Waals surface area contributed by atoms with E-state index in [1.165, 1.54) is 23.9 Å². The van der Waals surface area contributed by atoms with Crippen molar-refractivity contribution in [2.45, 2.75) is 20.8 Å². The number of hydrogen-bond donors (Lipinski definition) is 0. The lowest BCUT2D eigenvalue weighted by atomic mass is 10.2. The van der Waals surface area contributed by atoms with E-state index in [2.05, 4.69) is 0 Å². The molecule has 1 amide bonds. The normalized spacial score (nSPS) is 16.5. The van der Waals surface area contributed by atoms with Gasteiger partial charge in [-0.05, 0) is 62.7 Å². The Morgan fingerprint density at radius 3 is 2.50 bits per heavy atom. The molecule has 1 aliphatic rings. The van der Waals surface area contributed by atoms with E-state index in [1.54, 1.807) is 17.0 Å². The summed E-state index contributed by atoms with van der Waals surface area (Å²) in [4.78, 5) is 14.6. The molecule has 6 heteroatoms. The van der Waals surface area contributed by atoms with Gasteiger partial charge in [0.25, 0.3) is 5.91 Å². The third-order valence-corrected chi connectivity index (χ3v) is 5.41. The molecule has 0 radical (unpaired) electrons. The lowest BCUT2D eigenvalue weighted by Crippen LogP contribution is -2.27. The third kappa shape index (κ3) is 2.91. The molecule has 1 aromatic heterocycles. The fourth-order valence-electron chi connectivity index (χ4n) is 2.84. The van der Waals surface area contributed by atoms with Crippen molar-refractivity contribution in [3.8, 4) is 5.69 Å². The van der Waals surface area contributed by atoms with Gasteiger partial charge in [-0.3, -0.25) is 9.69 Å². The molecule has 3 nitrogen and oxygen atoms in total. The Labute approximate surface area is 150 Å². The Hall–Kier alpha value is -1.92. The van der Waals surface area contributed by atoms with E-state index >= 15 is 0 Å². The summed E-state index contributed by atoms with van der Waals surface area (Å²) >= 11 is 6.58. The number of halogens is 1. The summed E-state index contributed by atoms with van der Waals surface area (Å²) < 4.78 is 15.8. The van der Waals surface area contributed by atoms with Crippen molar-refractivity contribution >= 4 is 40.3 Å². The van der Waals surface area contributed by atoms with Gasteiger partial charge < -0.3 is 4.57 Å². The lowest BCUT2D eigenvalue weighted by Gasteiger charge is -2.10. The van der Waals surface area contributed by atoms with E-state index in [0.29, 0.717) is 15.8 Å². The monoisotopic (exact) mass is 360 g/mol. The maximum atomic E-state index is 13.2. The van der Waals surface area contributed by atoms with E-state index in [0.717, 1.165) is 22.6 Å². The molecular weight excluding hydrogens is 343 g/mol. The Morgan fingerprint density at radius 1 is 1.25 bits per heavy atom.